The molecule has 1 aromatic heterocycles. The summed E-state index contributed by atoms with van der Waals surface area (Å²) in [5, 5.41) is 7.33. The average molecular weight is 365 g/mol. The van der Waals surface area contributed by atoms with Crippen LogP contribution in [0.5, 0.6) is 0 Å². The molecule has 0 spiro atoms. The molecule has 1 fully saturated rings. The van der Waals surface area contributed by atoms with Crippen LogP contribution in [-0.2, 0) is 6.42 Å². The highest BCUT2D eigenvalue weighted by atomic mass is 35.5. The Balaban J connectivity index is 1.62. The third-order valence-electron chi connectivity index (χ3n) is 3.69. The number of aryl methyl sites for hydroxylation is 1. The lowest BCUT2D eigenvalue weighted by atomic mass is 10.1. The molecule has 2 aromatic rings. The van der Waals surface area contributed by atoms with E-state index in [1.165, 1.54) is 0 Å². The van der Waals surface area contributed by atoms with Crippen molar-refractivity contribution in [3.05, 3.63) is 51.3 Å². The van der Waals surface area contributed by atoms with Gasteiger partial charge in [-0.3, -0.25) is 4.79 Å². The van der Waals surface area contributed by atoms with Crippen molar-refractivity contribution in [2.45, 2.75) is 32.2 Å². The van der Waals surface area contributed by atoms with Gasteiger partial charge in [-0.25, -0.2) is 9.97 Å². The minimum Gasteiger partial charge on any atom is -0.354 e. The van der Waals surface area contributed by atoms with Gasteiger partial charge in [0.1, 0.15) is 5.69 Å². The van der Waals surface area contributed by atoms with Gasteiger partial charge in [-0.1, -0.05) is 29.3 Å². The van der Waals surface area contributed by atoms with Crippen molar-refractivity contribution < 1.29 is 4.79 Å². The maximum absolute atomic E-state index is 12.1. The Morgan fingerprint density at radius 3 is 2.75 bits per heavy atom. The monoisotopic (exact) mass is 364 g/mol. The molecule has 5 nitrogen and oxygen atoms in total. The number of carbonyl (C=O) groups excluding carboxylic acids is 1. The van der Waals surface area contributed by atoms with Crippen LogP contribution in [0.25, 0.3) is 0 Å². The third kappa shape index (κ3) is 4.58. The molecule has 24 heavy (non-hydrogen) atoms. The highest BCUT2D eigenvalue weighted by Gasteiger charge is 2.24. The van der Waals surface area contributed by atoms with E-state index in [4.69, 9.17) is 23.2 Å². The maximum Gasteiger partial charge on any atom is 0.270 e. The van der Waals surface area contributed by atoms with Crippen molar-refractivity contribution in [3.63, 3.8) is 0 Å². The van der Waals surface area contributed by atoms with E-state index in [1.54, 1.807) is 12.1 Å². The zero-order valence-corrected chi connectivity index (χ0v) is 14.8. The van der Waals surface area contributed by atoms with E-state index in [9.17, 15) is 4.79 Å². The highest BCUT2D eigenvalue weighted by molar-refractivity contribution is 6.35. The fraction of sp³-hybridized carbons (Fsp3) is 0.353. The molecule has 0 atom stereocenters. The van der Waals surface area contributed by atoms with Crippen molar-refractivity contribution in [3.8, 4) is 0 Å². The summed E-state index contributed by atoms with van der Waals surface area (Å²) in [5.41, 5.74) is 2.13. The number of nitrogens with zero attached hydrogens (tertiary/aromatic N) is 2. The fourth-order valence-electron chi connectivity index (χ4n) is 2.28. The molecule has 2 N–H and O–H groups in total. The highest BCUT2D eigenvalue weighted by Crippen LogP contribution is 2.21. The van der Waals surface area contributed by atoms with Gasteiger partial charge in [-0.05, 0) is 49.9 Å². The number of carbonyl (C=O) groups is 1. The van der Waals surface area contributed by atoms with Gasteiger partial charge in [0.25, 0.3) is 5.91 Å². The summed E-state index contributed by atoms with van der Waals surface area (Å²) in [6, 6.07) is 7.43. The molecule has 1 saturated carbocycles. The summed E-state index contributed by atoms with van der Waals surface area (Å²) >= 11 is 12.1. The number of aromatic nitrogens is 2. The van der Waals surface area contributed by atoms with Crippen LogP contribution in [0.2, 0.25) is 10.0 Å². The number of hydrogen-bond acceptors (Lipinski definition) is 4. The molecule has 0 aliphatic heterocycles. The van der Waals surface area contributed by atoms with Gasteiger partial charge in [0.05, 0.1) is 0 Å². The summed E-state index contributed by atoms with van der Waals surface area (Å²) < 4.78 is 0. The van der Waals surface area contributed by atoms with Gasteiger partial charge in [-0.2, -0.15) is 0 Å². The van der Waals surface area contributed by atoms with Crippen molar-refractivity contribution >= 4 is 35.1 Å². The summed E-state index contributed by atoms with van der Waals surface area (Å²) in [6.45, 7) is 2.45. The number of halogens is 2. The van der Waals surface area contributed by atoms with Crippen molar-refractivity contribution in [2.24, 2.45) is 0 Å². The van der Waals surface area contributed by atoms with Crippen LogP contribution < -0.4 is 10.6 Å². The Bertz CT molecular complexity index is 762. The molecule has 1 aromatic carbocycles. The van der Waals surface area contributed by atoms with Crippen LogP contribution >= 0.6 is 23.2 Å². The van der Waals surface area contributed by atoms with Crippen LogP contribution in [0, 0.1) is 6.92 Å². The van der Waals surface area contributed by atoms with Crippen molar-refractivity contribution in [2.75, 3.05) is 11.9 Å². The smallest absolute Gasteiger partial charge is 0.270 e. The van der Waals surface area contributed by atoms with Crippen molar-refractivity contribution in [1.29, 1.82) is 0 Å². The van der Waals surface area contributed by atoms with Gasteiger partial charge < -0.3 is 10.6 Å². The third-order valence-corrected chi connectivity index (χ3v) is 4.28. The quantitative estimate of drug-likeness (QED) is 0.820. The van der Waals surface area contributed by atoms with Gasteiger partial charge in [0, 0.05) is 28.3 Å². The second-order valence-electron chi connectivity index (χ2n) is 5.88. The van der Waals surface area contributed by atoms with E-state index in [0.29, 0.717) is 40.7 Å². The number of rotatable bonds is 6. The summed E-state index contributed by atoms with van der Waals surface area (Å²) in [7, 11) is 0. The molecule has 1 amide bonds. The predicted octanol–water partition coefficient (Wildman–Crippen LogP) is 3.64. The first kappa shape index (κ1) is 17.0. The molecule has 1 aliphatic rings. The SMILES string of the molecule is Cc1cc(C(=O)NC2CC2)nc(NCCc2ccc(Cl)cc2Cl)n1. The Kier molecular flexibility index (Phi) is 5.21. The average Bonchev–Trinajstić information content (AvgIpc) is 3.33. The van der Waals surface area contributed by atoms with E-state index in [0.717, 1.165) is 24.1 Å². The molecule has 0 unspecified atom stereocenters. The minimum atomic E-state index is -0.146. The first-order valence-corrected chi connectivity index (χ1v) is 8.61. The lowest BCUT2D eigenvalue weighted by Gasteiger charge is -2.09. The number of nitrogens with one attached hydrogen (secondary N) is 2. The number of hydrogen-bond donors (Lipinski definition) is 2. The number of anilines is 1. The van der Waals surface area contributed by atoms with Crippen LogP contribution in [-0.4, -0.2) is 28.5 Å². The standard InChI is InChI=1S/C17H18Cl2N4O/c1-10-8-15(16(24)22-13-4-5-13)23-17(21-10)20-7-6-11-2-3-12(18)9-14(11)19/h2-3,8-9,13H,4-7H2,1H3,(H,22,24)(H,20,21,23). The zero-order chi connectivity index (χ0) is 17.1. The lowest BCUT2D eigenvalue weighted by Crippen LogP contribution is -2.27. The van der Waals surface area contributed by atoms with Crippen LogP contribution in [0.3, 0.4) is 0 Å². The topological polar surface area (TPSA) is 66.9 Å². The zero-order valence-electron chi connectivity index (χ0n) is 13.3. The van der Waals surface area contributed by atoms with Crippen LogP contribution in [0.4, 0.5) is 5.95 Å². The van der Waals surface area contributed by atoms with E-state index in [1.807, 2.05) is 19.1 Å². The Morgan fingerprint density at radius 1 is 1.25 bits per heavy atom. The van der Waals surface area contributed by atoms with Crippen LogP contribution in [0.15, 0.2) is 24.3 Å². The normalized spacial score (nSPS) is 13.6. The number of benzene rings is 1. The van der Waals surface area contributed by atoms with Gasteiger partial charge in [-0.15, -0.1) is 0 Å². The fourth-order valence-corrected chi connectivity index (χ4v) is 2.79. The van der Waals surface area contributed by atoms with E-state index < -0.39 is 0 Å². The number of amides is 1. The summed E-state index contributed by atoms with van der Waals surface area (Å²) in [6.07, 6.45) is 2.79. The largest absolute Gasteiger partial charge is 0.354 e. The summed E-state index contributed by atoms with van der Waals surface area (Å²) in [5.74, 6) is 0.299. The van der Waals surface area contributed by atoms with Crippen LogP contribution in [0.1, 0.15) is 34.6 Å². The molecule has 1 heterocycles. The van der Waals surface area contributed by atoms with Crippen molar-refractivity contribution in [1.82, 2.24) is 15.3 Å². The molecular formula is C17H18Cl2N4O. The van der Waals surface area contributed by atoms with Gasteiger partial charge in [0.15, 0.2) is 0 Å². The van der Waals surface area contributed by atoms with Gasteiger partial charge >= 0.3 is 0 Å². The predicted molar refractivity (Wildman–Crippen MR) is 95.9 cm³/mol. The Hall–Kier alpha value is -1.85. The lowest BCUT2D eigenvalue weighted by molar-refractivity contribution is 0.0946. The minimum absolute atomic E-state index is 0.146. The molecule has 0 radical (unpaired) electrons. The molecule has 126 valence electrons. The summed E-state index contributed by atoms with van der Waals surface area (Å²) in [4.78, 5) is 20.7. The molecular weight excluding hydrogens is 347 g/mol. The Morgan fingerprint density at radius 2 is 2.04 bits per heavy atom. The molecule has 0 bridgehead atoms. The Labute approximate surface area is 150 Å². The second-order valence-corrected chi connectivity index (χ2v) is 6.72. The van der Waals surface area contributed by atoms with Gasteiger partial charge in [0.2, 0.25) is 5.95 Å². The molecule has 3 rings (SSSR count). The second kappa shape index (κ2) is 7.36. The van der Waals surface area contributed by atoms with E-state index in [2.05, 4.69) is 20.6 Å². The van der Waals surface area contributed by atoms with E-state index in [-0.39, 0.29) is 5.91 Å². The first-order chi connectivity index (χ1) is 11.5. The maximum atomic E-state index is 12.1. The first-order valence-electron chi connectivity index (χ1n) is 7.85. The van der Waals surface area contributed by atoms with E-state index >= 15 is 0 Å². The molecule has 7 heteroatoms. The molecule has 1 aliphatic carbocycles. The molecule has 0 saturated heterocycles.